The van der Waals surface area contributed by atoms with Crippen LogP contribution in [0, 0.1) is 11.3 Å². The molecule has 0 unspecified atom stereocenters. The molecule has 7 heteroatoms. The zero-order valence-corrected chi connectivity index (χ0v) is 13.1. The monoisotopic (exact) mass is 330 g/mol. The Hall–Kier alpha value is -2.85. The van der Waals surface area contributed by atoms with Crippen LogP contribution in [-0.2, 0) is 16.4 Å². The van der Waals surface area contributed by atoms with Crippen LogP contribution >= 0.6 is 0 Å². The third-order valence-corrected chi connectivity index (χ3v) is 5.08. The van der Waals surface area contributed by atoms with Crippen molar-refractivity contribution in [1.29, 1.82) is 5.26 Å². The molecule has 0 aliphatic rings. The fourth-order valence-corrected chi connectivity index (χ4v) is 3.41. The number of benzene rings is 2. The van der Waals surface area contributed by atoms with E-state index in [0.29, 0.717) is 5.56 Å². The van der Waals surface area contributed by atoms with Crippen LogP contribution in [-0.4, -0.2) is 26.5 Å². The highest BCUT2D eigenvalue weighted by atomic mass is 32.2. The number of nitrogens with zero attached hydrogens (tertiary/aromatic N) is 2. The highest BCUT2D eigenvalue weighted by Crippen LogP contribution is 2.26. The number of carboxylic acids is 1. The van der Waals surface area contributed by atoms with Crippen molar-refractivity contribution < 1.29 is 18.3 Å². The Morgan fingerprint density at radius 3 is 2.57 bits per heavy atom. The summed E-state index contributed by atoms with van der Waals surface area (Å²) < 4.78 is 26.4. The predicted octanol–water partition coefficient (Wildman–Crippen LogP) is 2.28. The molecule has 0 amide bonds. The summed E-state index contributed by atoms with van der Waals surface area (Å²) in [5.74, 6) is -1.21. The second kappa shape index (κ2) is 6.50. The summed E-state index contributed by atoms with van der Waals surface area (Å²) in [6, 6.07) is 13.9. The third-order valence-electron chi connectivity index (χ3n) is 3.31. The Morgan fingerprint density at radius 1 is 1.22 bits per heavy atom. The van der Waals surface area contributed by atoms with Gasteiger partial charge in [0.05, 0.1) is 28.6 Å². The summed E-state index contributed by atoms with van der Waals surface area (Å²) >= 11 is 0. The number of sulfonamides is 1. The van der Waals surface area contributed by atoms with E-state index in [1.807, 2.05) is 6.07 Å². The van der Waals surface area contributed by atoms with Gasteiger partial charge < -0.3 is 5.11 Å². The van der Waals surface area contributed by atoms with Crippen molar-refractivity contribution >= 4 is 21.7 Å². The molecule has 0 saturated heterocycles. The van der Waals surface area contributed by atoms with Gasteiger partial charge in [0, 0.05) is 7.05 Å². The molecule has 0 heterocycles. The number of hydrogen-bond acceptors (Lipinski definition) is 4. The molecule has 2 aromatic rings. The van der Waals surface area contributed by atoms with Crippen molar-refractivity contribution in [3.05, 3.63) is 59.7 Å². The first-order valence-corrected chi connectivity index (χ1v) is 8.09. The molecule has 0 spiro atoms. The minimum atomic E-state index is -3.93. The lowest BCUT2D eigenvalue weighted by molar-refractivity contribution is 0.0698. The maximum atomic E-state index is 12.7. The molecule has 2 rings (SSSR count). The normalized spacial score (nSPS) is 10.8. The van der Waals surface area contributed by atoms with E-state index in [0.717, 1.165) is 4.31 Å². The average molecular weight is 330 g/mol. The van der Waals surface area contributed by atoms with Gasteiger partial charge in [0.15, 0.2) is 0 Å². The third kappa shape index (κ3) is 3.33. The summed E-state index contributed by atoms with van der Waals surface area (Å²) in [5, 5.41) is 17.9. The average Bonchev–Trinajstić information content (AvgIpc) is 2.54. The Balaban J connectivity index is 2.50. The lowest BCUT2D eigenvalue weighted by Gasteiger charge is -2.21. The highest BCUT2D eigenvalue weighted by Gasteiger charge is 2.25. The van der Waals surface area contributed by atoms with Gasteiger partial charge in [-0.1, -0.05) is 24.3 Å². The highest BCUT2D eigenvalue weighted by molar-refractivity contribution is 7.92. The topological polar surface area (TPSA) is 98.5 Å². The molecule has 23 heavy (non-hydrogen) atoms. The number of para-hydroxylation sites is 1. The zero-order valence-electron chi connectivity index (χ0n) is 12.3. The maximum absolute atomic E-state index is 12.7. The van der Waals surface area contributed by atoms with Crippen LogP contribution in [0.2, 0.25) is 0 Å². The molecule has 2 aromatic carbocycles. The first kappa shape index (κ1) is 16.5. The lowest BCUT2D eigenvalue weighted by Crippen LogP contribution is -2.28. The van der Waals surface area contributed by atoms with E-state index in [-0.39, 0.29) is 22.6 Å². The van der Waals surface area contributed by atoms with Crippen molar-refractivity contribution in [2.75, 3.05) is 11.4 Å². The lowest BCUT2D eigenvalue weighted by atomic mass is 10.2. The van der Waals surface area contributed by atoms with Gasteiger partial charge in [-0.05, 0) is 29.8 Å². The van der Waals surface area contributed by atoms with Gasteiger partial charge in [0.25, 0.3) is 10.0 Å². The molecular formula is C16H14N2O4S. The number of hydrogen-bond donors (Lipinski definition) is 1. The summed E-state index contributed by atoms with van der Waals surface area (Å²) in [4.78, 5) is 11.3. The minimum absolute atomic E-state index is 0.00735. The van der Waals surface area contributed by atoms with Gasteiger partial charge in [-0.25, -0.2) is 13.2 Å². The number of rotatable bonds is 5. The van der Waals surface area contributed by atoms with E-state index < -0.39 is 16.0 Å². The quantitative estimate of drug-likeness (QED) is 0.907. The van der Waals surface area contributed by atoms with E-state index in [2.05, 4.69) is 0 Å². The van der Waals surface area contributed by atoms with Gasteiger partial charge in [-0.15, -0.1) is 0 Å². The smallest absolute Gasteiger partial charge is 0.337 e. The first-order valence-electron chi connectivity index (χ1n) is 6.65. The summed E-state index contributed by atoms with van der Waals surface area (Å²) in [6.45, 7) is 0. The SMILES string of the molecule is CN(c1ccccc1C(=O)O)S(=O)(=O)c1cccc(CC#N)c1. The van der Waals surface area contributed by atoms with Crippen LogP contribution in [0.5, 0.6) is 0 Å². The van der Waals surface area contributed by atoms with Crippen LogP contribution in [0.1, 0.15) is 15.9 Å². The fourth-order valence-electron chi connectivity index (χ4n) is 2.12. The Morgan fingerprint density at radius 2 is 1.91 bits per heavy atom. The van der Waals surface area contributed by atoms with Gasteiger partial charge in [-0.3, -0.25) is 4.31 Å². The van der Waals surface area contributed by atoms with Crippen LogP contribution in [0.25, 0.3) is 0 Å². The van der Waals surface area contributed by atoms with Crippen LogP contribution in [0.4, 0.5) is 5.69 Å². The van der Waals surface area contributed by atoms with Crippen molar-refractivity contribution in [2.24, 2.45) is 0 Å². The number of aromatic carboxylic acids is 1. The molecule has 0 aliphatic heterocycles. The van der Waals surface area contributed by atoms with E-state index in [4.69, 9.17) is 5.26 Å². The second-order valence-electron chi connectivity index (χ2n) is 4.78. The summed E-state index contributed by atoms with van der Waals surface area (Å²) in [5.41, 5.74) is 0.547. The van der Waals surface area contributed by atoms with E-state index in [1.54, 1.807) is 18.2 Å². The molecule has 0 aliphatic carbocycles. The summed E-state index contributed by atoms with van der Waals surface area (Å²) in [6.07, 6.45) is 0.0960. The standard InChI is InChI=1S/C16H14N2O4S/c1-18(15-8-3-2-7-14(15)16(19)20)23(21,22)13-6-4-5-12(11-13)9-10-17/h2-8,11H,9H2,1H3,(H,19,20). The minimum Gasteiger partial charge on any atom is -0.478 e. The van der Waals surface area contributed by atoms with Crippen LogP contribution in [0.3, 0.4) is 0 Å². The van der Waals surface area contributed by atoms with Gasteiger partial charge >= 0.3 is 5.97 Å². The Labute approximate surface area is 134 Å². The van der Waals surface area contributed by atoms with E-state index in [1.165, 1.54) is 37.4 Å². The Kier molecular flexibility index (Phi) is 4.67. The molecule has 0 bridgehead atoms. The predicted molar refractivity (Wildman–Crippen MR) is 84.7 cm³/mol. The van der Waals surface area contributed by atoms with Gasteiger partial charge in [-0.2, -0.15) is 5.26 Å². The zero-order chi connectivity index (χ0) is 17.0. The number of anilines is 1. The van der Waals surface area contributed by atoms with Gasteiger partial charge in [0.2, 0.25) is 0 Å². The van der Waals surface area contributed by atoms with Crippen LogP contribution in [0.15, 0.2) is 53.4 Å². The number of nitriles is 1. The number of carboxylic acid groups (broad SMARTS) is 1. The fraction of sp³-hybridized carbons (Fsp3) is 0.125. The van der Waals surface area contributed by atoms with E-state index >= 15 is 0 Å². The van der Waals surface area contributed by atoms with E-state index in [9.17, 15) is 18.3 Å². The molecule has 0 fully saturated rings. The molecule has 0 saturated carbocycles. The first-order chi connectivity index (χ1) is 10.9. The van der Waals surface area contributed by atoms with Crippen molar-refractivity contribution in [2.45, 2.75) is 11.3 Å². The Bertz CT molecular complexity index is 885. The molecule has 1 N–H and O–H groups in total. The number of carbonyl (C=O) groups is 1. The molecule has 0 atom stereocenters. The van der Waals surface area contributed by atoms with Gasteiger partial charge in [0.1, 0.15) is 0 Å². The molecular weight excluding hydrogens is 316 g/mol. The van der Waals surface area contributed by atoms with Crippen molar-refractivity contribution in [3.63, 3.8) is 0 Å². The molecule has 0 radical (unpaired) electrons. The second-order valence-corrected chi connectivity index (χ2v) is 6.75. The largest absolute Gasteiger partial charge is 0.478 e. The van der Waals surface area contributed by atoms with Crippen molar-refractivity contribution in [1.82, 2.24) is 0 Å². The molecule has 118 valence electrons. The van der Waals surface area contributed by atoms with Crippen LogP contribution < -0.4 is 4.31 Å². The summed E-state index contributed by atoms with van der Waals surface area (Å²) in [7, 11) is -2.63. The maximum Gasteiger partial charge on any atom is 0.337 e. The van der Waals surface area contributed by atoms with Crippen molar-refractivity contribution in [3.8, 4) is 6.07 Å². The molecule has 0 aromatic heterocycles. The molecule has 6 nitrogen and oxygen atoms in total.